The Bertz CT molecular complexity index is 1540. The van der Waals surface area contributed by atoms with Gasteiger partial charge in [0.2, 0.25) is 5.91 Å². The Kier molecular flexibility index (Phi) is 7.93. The Balaban J connectivity index is 1.49. The van der Waals surface area contributed by atoms with E-state index in [-0.39, 0.29) is 33.0 Å². The van der Waals surface area contributed by atoms with Crippen molar-refractivity contribution < 1.29 is 27.0 Å². The third-order valence-electron chi connectivity index (χ3n) is 5.08. The molecule has 190 valence electrons. The first kappa shape index (κ1) is 26.7. The summed E-state index contributed by atoms with van der Waals surface area (Å²) < 4.78 is 30.5. The molecular formula is C25H18Cl2N2O6S2. The van der Waals surface area contributed by atoms with Crippen molar-refractivity contribution in [2.75, 3.05) is 5.32 Å². The molecule has 1 saturated heterocycles. The minimum Gasteiger partial charge on any atom is -0.377 e. The lowest BCUT2D eigenvalue weighted by molar-refractivity contribution is -0.123. The van der Waals surface area contributed by atoms with E-state index in [9.17, 15) is 22.8 Å². The Morgan fingerprint density at radius 1 is 1.03 bits per heavy atom. The number of hydrogen-bond donors (Lipinski definition) is 1. The van der Waals surface area contributed by atoms with Crippen LogP contribution in [0.1, 0.15) is 18.1 Å². The molecule has 1 fully saturated rings. The molecule has 37 heavy (non-hydrogen) atoms. The quantitative estimate of drug-likeness (QED) is 0.273. The molecule has 1 heterocycles. The number of imide groups is 1. The second kappa shape index (κ2) is 11.0. The molecule has 12 heteroatoms. The summed E-state index contributed by atoms with van der Waals surface area (Å²) in [7, 11) is -4.21. The van der Waals surface area contributed by atoms with Crippen molar-refractivity contribution in [2.45, 2.75) is 18.4 Å². The lowest BCUT2D eigenvalue weighted by Gasteiger charge is -2.13. The lowest BCUT2D eigenvalue weighted by atomic mass is 10.2. The smallest absolute Gasteiger partial charge is 0.339 e. The molecule has 8 nitrogen and oxygen atoms in total. The number of halogens is 2. The van der Waals surface area contributed by atoms with E-state index in [4.69, 9.17) is 27.4 Å². The van der Waals surface area contributed by atoms with E-state index in [0.717, 1.165) is 16.7 Å². The molecule has 0 aromatic heterocycles. The fraction of sp³-hybridized carbons (Fsp3) is 0.0800. The van der Waals surface area contributed by atoms with Gasteiger partial charge in [0.1, 0.15) is 4.90 Å². The molecule has 1 aliphatic heterocycles. The van der Waals surface area contributed by atoms with Crippen molar-refractivity contribution in [1.82, 2.24) is 4.90 Å². The number of hydrogen-bond acceptors (Lipinski definition) is 7. The first-order valence-electron chi connectivity index (χ1n) is 10.6. The van der Waals surface area contributed by atoms with Crippen molar-refractivity contribution in [3.8, 4) is 5.75 Å². The number of amides is 3. The van der Waals surface area contributed by atoms with Crippen molar-refractivity contribution in [2.24, 2.45) is 0 Å². The third-order valence-corrected chi connectivity index (χ3v) is 7.90. The van der Waals surface area contributed by atoms with Crippen molar-refractivity contribution in [3.63, 3.8) is 0 Å². The van der Waals surface area contributed by atoms with E-state index in [0.29, 0.717) is 21.8 Å². The van der Waals surface area contributed by atoms with Gasteiger partial charge in [-0.25, -0.2) is 0 Å². The molecule has 0 bridgehead atoms. The Labute approximate surface area is 227 Å². The SMILES string of the molecule is CC(=O)Nc1ccc(S(=O)(=O)Oc2ccc(/C=C3\SC(=O)N(Cc4ccccc4Cl)C3=O)cc2Cl)cc1. The highest BCUT2D eigenvalue weighted by molar-refractivity contribution is 8.18. The van der Waals surface area contributed by atoms with Crippen LogP contribution in [0.15, 0.2) is 76.5 Å². The Hall–Kier alpha value is -3.31. The fourth-order valence-corrected chi connectivity index (χ4v) is 5.59. The molecule has 0 radical (unpaired) electrons. The molecule has 3 amide bonds. The molecule has 0 aliphatic carbocycles. The van der Waals surface area contributed by atoms with Gasteiger partial charge in [0.05, 0.1) is 16.5 Å². The largest absolute Gasteiger partial charge is 0.377 e. The summed E-state index contributed by atoms with van der Waals surface area (Å²) in [6, 6.07) is 16.7. The van der Waals surface area contributed by atoms with E-state index in [1.807, 2.05) is 0 Å². The summed E-state index contributed by atoms with van der Waals surface area (Å²) in [5.41, 5.74) is 1.55. The van der Waals surface area contributed by atoms with Crippen molar-refractivity contribution >= 4 is 73.9 Å². The number of benzene rings is 3. The first-order valence-corrected chi connectivity index (χ1v) is 13.6. The molecule has 0 atom stereocenters. The summed E-state index contributed by atoms with van der Waals surface area (Å²) in [6.45, 7) is 1.38. The molecular weight excluding hydrogens is 559 g/mol. The van der Waals surface area contributed by atoms with E-state index in [2.05, 4.69) is 5.32 Å². The van der Waals surface area contributed by atoms with Gasteiger partial charge < -0.3 is 9.50 Å². The van der Waals surface area contributed by atoms with Crippen LogP contribution in [0.5, 0.6) is 5.75 Å². The minimum atomic E-state index is -4.21. The summed E-state index contributed by atoms with van der Waals surface area (Å²) in [6.07, 6.45) is 1.49. The van der Waals surface area contributed by atoms with Crippen LogP contribution in [-0.4, -0.2) is 30.4 Å². The van der Waals surface area contributed by atoms with Gasteiger partial charge in [-0.05, 0) is 71.4 Å². The number of anilines is 1. The summed E-state index contributed by atoms with van der Waals surface area (Å²) in [5.74, 6) is -0.877. The van der Waals surface area contributed by atoms with Crippen LogP contribution in [0.25, 0.3) is 6.08 Å². The third kappa shape index (κ3) is 6.34. The Morgan fingerprint density at radius 3 is 2.38 bits per heavy atom. The topological polar surface area (TPSA) is 110 Å². The van der Waals surface area contributed by atoms with Crippen molar-refractivity contribution in [3.05, 3.63) is 92.8 Å². The number of thioether (sulfide) groups is 1. The maximum absolute atomic E-state index is 12.8. The van der Waals surface area contributed by atoms with Crippen LogP contribution >= 0.6 is 35.0 Å². The van der Waals surface area contributed by atoms with Crippen LogP contribution in [0.3, 0.4) is 0 Å². The van der Waals surface area contributed by atoms with Crippen LogP contribution in [0, 0.1) is 0 Å². The highest BCUT2D eigenvalue weighted by atomic mass is 35.5. The zero-order valence-corrected chi connectivity index (χ0v) is 22.2. The molecule has 3 aromatic carbocycles. The van der Waals surface area contributed by atoms with Crippen LogP contribution in [0.4, 0.5) is 10.5 Å². The van der Waals surface area contributed by atoms with Gasteiger partial charge in [-0.15, -0.1) is 0 Å². The van der Waals surface area contributed by atoms with E-state index in [1.165, 1.54) is 55.5 Å². The van der Waals surface area contributed by atoms with Gasteiger partial charge in [-0.2, -0.15) is 8.42 Å². The zero-order chi connectivity index (χ0) is 26.7. The predicted octanol–water partition coefficient (Wildman–Crippen LogP) is 5.96. The minimum absolute atomic E-state index is 0.0116. The van der Waals surface area contributed by atoms with Crippen molar-refractivity contribution in [1.29, 1.82) is 0 Å². The van der Waals surface area contributed by atoms with Gasteiger partial charge in [-0.3, -0.25) is 19.3 Å². The second-order valence-electron chi connectivity index (χ2n) is 7.79. The number of nitrogens with zero attached hydrogens (tertiary/aromatic N) is 1. The average molecular weight is 577 g/mol. The van der Waals surface area contributed by atoms with Gasteiger partial charge >= 0.3 is 10.1 Å². The second-order valence-corrected chi connectivity index (χ2v) is 11.1. The highest BCUT2D eigenvalue weighted by Crippen LogP contribution is 2.35. The molecule has 3 aromatic rings. The monoisotopic (exact) mass is 576 g/mol. The summed E-state index contributed by atoms with van der Waals surface area (Å²) in [5, 5.41) is 2.55. The standard InChI is InChI=1S/C25H18Cl2N2O6S2/c1-15(30)28-18-7-9-19(10-8-18)37(33,34)35-22-11-6-16(12-21(22)27)13-23-24(31)29(25(32)36-23)14-17-4-2-3-5-20(17)26/h2-13H,14H2,1H3,(H,28,30)/b23-13-. The zero-order valence-electron chi connectivity index (χ0n) is 19.1. The molecule has 4 rings (SSSR count). The Morgan fingerprint density at radius 2 is 1.73 bits per heavy atom. The van der Waals surface area contributed by atoms with E-state index in [1.54, 1.807) is 24.3 Å². The maximum Gasteiger partial charge on any atom is 0.339 e. The van der Waals surface area contributed by atoms with E-state index >= 15 is 0 Å². The normalized spacial score (nSPS) is 14.8. The molecule has 1 aliphatic rings. The van der Waals surface area contributed by atoms with E-state index < -0.39 is 21.3 Å². The van der Waals surface area contributed by atoms with Crippen LogP contribution in [-0.2, 0) is 26.3 Å². The molecule has 0 unspecified atom stereocenters. The number of nitrogens with one attached hydrogen (secondary N) is 1. The van der Waals surface area contributed by atoms with Gasteiger partial charge in [-0.1, -0.05) is 47.5 Å². The average Bonchev–Trinajstić information content (AvgIpc) is 3.09. The fourth-order valence-electron chi connectivity index (χ4n) is 3.33. The lowest BCUT2D eigenvalue weighted by Crippen LogP contribution is -2.27. The molecule has 1 N–H and O–H groups in total. The van der Waals surface area contributed by atoms with Gasteiger partial charge in [0.25, 0.3) is 11.1 Å². The summed E-state index contributed by atoms with van der Waals surface area (Å²) in [4.78, 5) is 37.6. The number of rotatable bonds is 7. The molecule has 0 spiro atoms. The molecule has 0 saturated carbocycles. The van der Waals surface area contributed by atoms with Gasteiger partial charge in [0.15, 0.2) is 5.75 Å². The van der Waals surface area contributed by atoms with Crippen LogP contribution < -0.4 is 9.50 Å². The predicted molar refractivity (Wildman–Crippen MR) is 143 cm³/mol. The maximum atomic E-state index is 12.8. The summed E-state index contributed by atoms with van der Waals surface area (Å²) >= 11 is 13.2. The van der Waals surface area contributed by atoms with Crippen LogP contribution in [0.2, 0.25) is 10.0 Å². The highest BCUT2D eigenvalue weighted by Gasteiger charge is 2.35. The first-order chi connectivity index (χ1) is 17.5. The van der Waals surface area contributed by atoms with Gasteiger partial charge in [0, 0.05) is 17.6 Å². The number of carbonyl (C=O) groups excluding carboxylic acids is 3. The number of carbonyl (C=O) groups is 3.